The lowest BCUT2D eigenvalue weighted by Crippen LogP contribution is -2.22. The molecule has 3 aromatic carbocycles. The van der Waals surface area contributed by atoms with Crippen molar-refractivity contribution in [2.75, 3.05) is 25.1 Å². The van der Waals surface area contributed by atoms with Crippen LogP contribution in [0.5, 0.6) is 11.5 Å². The summed E-state index contributed by atoms with van der Waals surface area (Å²) in [5.41, 5.74) is -0.236. The summed E-state index contributed by atoms with van der Waals surface area (Å²) in [6.07, 6.45) is 0. The Balaban J connectivity index is 1.48. The van der Waals surface area contributed by atoms with Crippen molar-refractivity contribution in [1.29, 1.82) is 0 Å². The maximum absolute atomic E-state index is 12.4. The van der Waals surface area contributed by atoms with Gasteiger partial charge in [0.2, 0.25) is 0 Å². The molecule has 1 aliphatic heterocycles. The number of hydrogen-bond donors (Lipinski definition) is 1. The average Bonchev–Trinajstić information content (AvgIpc) is 2.76. The van der Waals surface area contributed by atoms with Crippen LogP contribution in [0, 0.1) is 10.1 Å². The monoisotopic (exact) mass is 408 g/mol. The Morgan fingerprint density at radius 3 is 2.50 bits per heavy atom. The first-order valence-electron chi connectivity index (χ1n) is 9.06. The van der Waals surface area contributed by atoms with Gasteiger partial charge in [-0.2, -0.15) is 0 Å². The quantitative estimate of drug-likeness (QED) is 0.391. The van der Waals surface area contributed by atoms with E-state index in [1.807, 2.05) is 30.3 Å². The first kappa shape index (κ1) is 19.2. The van der Waals surface area contributed by atoms with Gasteiger partial charge >= 0.3 is 5.97 Å². The molecular weight excluding hydrogens is 392 g/mol. The van der Waals surface area contributed by atoms with Gasteiger partial charge in [-0.15, -0.1) is 0 Å². The largest absolute Gasteiger partial charge is 0.486 e. The van der Waals surface area contributed by atoms with Crippen molar-refractivity contribution in [3.63, 3.8) is 0 Å². The number of carbonyl (C=O) groups excluding carboxylic acids is 2. The van der Waals surface area contributed by atoms with Gasteiger partial charge in [-0.1, -0.05) is 36.4 Å². The van der Waals surface area contributed by atoms with E-state index in [4.69, 9.17) is 14.2 Å². The molecule has 152 valence electrons. The average molecular weight is 408 g/mol. The Labute approximate surface area is 170 Å². The van der Waals surface area contributed by atoms with Crippen molar-refractivity contribution < 1.29 is 28.7 Å². The Morgan fingerprint density at radius 2 is 1.73 bits per heavy atom. The minimum absolute atomic E-state index is 0.179. The first-order chi connectivity index (χ1) is 14.5. The topological polar surface area (TPSA) is 117 Å². The minimum Gasteiger partial charge on any atom is -0.486 e. The normalized spacial score (nSPS) is 12.3. The zero-order chi connectivity index (χ0) is 21.1. The predicted octanol–water partition coefficient (Wildman–Crippen LogP) is 3.31. The Hall–Kier alpha value is -4.14. The summed E-state index contributed by atoms with van der Waals surface area (Å²) >= 11 is 0. The molecule has 0 radical (unpaired) electrons. The predicted molar refractivity (Wildman–Crippen MR) is 107 cm³/mol. The number of amides is 1. The third-order valence-corrected chi connectivity index (χ3v) is 4.48. The highest BCUT2D eigenvalue weighted by Gasteiger charge is 2.27. The number of hydrogen-bond acceptors (Lipinski definition) is 7. The first-order valence-corrected chi connectivity index (χ1v) is 9.06. The molecule has 1 heterocycles. The molecule has 0 saturated carbocycles. The fourth-order valence-electron chi connectivity index (χ4n) is 3.12. The van der Waals surface area contributed by atoms with Crippen molar-refractivity contribution in [2.45, 2.75) is 0 Å². The second kappa shape index (κ2) is 8.08. The molecule has 30 heavy (non-hydrogen) atoms. The molecule has 1 aliphatic rings. The van der Waals surface area contributed by atoms with E-state index in [-0.39, 0.29) is 30.3 Å². The third kappa shape index (κ3) is 3.86. The van der Waals surface area contributed by atoms with Gasteiger partial charge in [-0.05, 0) is 11.5 Å². The number of esters is 1. The van der Waals surface area contributed by atoms with Crippen LogP contribution in [0.1, 0.15) is 10.4 Å². The molecule has 0 fully saturated rings. The van der Waals surface area contributed by atoms with E-state index in [1.165, 1.54) is 6.07 Å². The summed E-state index contributed by atoms with van der Waals surface area (Å²) in [4.78, 5) is 35.3. The highest BCUT2D eigenvalue weighted by Crippen LogP contribution is 2.36. The number of nitrogens with one attached hydrogen (secondary N) is 1. The van der Waals surface area contributed by atoms with Crippen LogP contribution in [0.2, 0.25) is 0 Å². The standard InChI is InChI=1S/C21H16N2O7/c24-20(22-16-7-3-5-13-4-1-2-6-14(13)16)12-30-21(25)15-10-18-19(29-9-8-28-18)11-17(15)23(26)27/h1-7,10-11H,8-9,12H2,(H,22,24). The van der Waals surface area contributed by atoms with Crippen LogP contribution in [0.15, 0.2) is 54.6 Å². The highest BCUT2D eigenvalue weighted by molar-refractivity contribution is 6.03. The lowest BCUT2D eigenvalue weighted by atomic mass is 10.1. The fourth-order valence-corrected chi connectivity index (χ4v) is 3.12. The number of ether oxygens (including phenoxy) is 3. The number of fused-ring (bicyclic) bond motifs is 2. The zero-order valence-electron chi connectivity index (χ0n) is 15.6. The molecule has 4 rings (SSSR count). The minimum atomic E-state index is -1.01. The molecule has 1 amide bonds. The van der Waals surface area contributed by atoms with E-state index in [2.05, 4.69) is 5.32 Å². The van der Waals surface area contributed by atoms with E-state index in [0.717, 1.165) is 16.8 Å². The fraction of sp³-hybridized carbons (Fsp3) is 0.143. The van der Waals surface area contributed by atoms with Crippen molar-refractivity contribution >= 4 is 34.0 Å². The molecule has 0 aromatic heterocycles. The SMILES string of the molecule is O=C(COC(=O)c1cc2c(cc1[N+](=O)[O-])OCCO2)Nc1cccc2ccccc12. The molecule has 0 spiro atoms. The molecule has 0 saturated heterocycles. The van der Waals surface area contributed by atoms with Gasteiger partial charge in [0.25, 0.3) is 11.6 Å². The van der Waals surface area contributed by atoms with Crippen LogP contribution in [0.3, 0.4) is 0 Å². The second-order valence-corrected chi connectivity index (χ2v) is 6.42. The third-order valence-electron chi connectivity index (χ3n) is 4.48. The van der Waals surface area contributed by atoms with Crippen molar-refractivity contribution in [2.24, 2.45) is 0 Å². The molecule has 0 unspecified atom stereocenters. The van der Waals surface area contributed by atoms with E-state index in [0.29, 0.717) is 5.69 Å². The van der Waals surface area contributed by atoms with Crippen molar-refractivity contribution in [3.05, 3.63) is 70.3 Å². The summed E-state index contributed by atoms with van der Waals surface area (Å²) in [6, 6.07) is 15.2. The number of nitro benzene ring substituents is 1. The summed E-state index contributed by atoms with van der Waals surface area (Å²) in [6.45, 7) is -0.0946. The lowest BCUT2D eigenvalue weighted by Gasteiger charge is -2.18. The van der Waals surface area contributed by atoms with Crippen LogP contribution in [0.4, 0.5) is 11.4 Å². The van der Waals surface area contributed by atoms with Gasteiger partial charge in [0.15, 0.2) is 18.1 Å². The van der Waals surface area contributed by atoms with Crippen LogP contribution in [-0.2, 0) is 9.53 Å². The number of rotatable bonds is 5. The maximum Gasteiger partial charge on any atom is 0.345 e. The Kier molecular flexibility index (Phi) is 5.17. The molecule has 9 heteroatoms. The number of nitrogens with zero attached hydrogens (tertiary/aromatic N) is 1. The van der Waals surface area contributed by atoms with Gasteiger partial charge in [0.1, 0.15) is 18.8 Å². The molecule has 0 atom stereocenters. The van der Waals surface area contributed by atoms with Crippen LogP contribution in [-0.4, -0.2) is 36.6 Å². The van der Waals surface area contributed by atoms with Gasteiger partial charge in [-0.25, -0.2) is 4.79 Å². The number of benzene rings is 3. The molecule has 3 aromatic rings. The lowest BCUT2D eigenvalue weighted by molar-refractivity contribution is -0.385. The van der Waals surface area contributed by atoms with E-state index < -0.39 is 29.1 Å². The van der Waals surface area contributed by atoms with Gasteiger partial charge < -0.3 is 19.5 Å². The summed E-state index contributed by atoms with van der Waals surface area (Å²) in [7, 11) is 0. The van der Waals surface area contributed by atoms with Gasteiger partial charge in [0.05, 0.1) is 11.0 Å². The highest BCUT2D eigenvalue weighted by atomic mass is 16.6. The summed E-state index contributed by atoms with van der Waals surface area (Å²) in [5.74, 6) is -1.19. The van der Waals surface area contributed by atoms with Gasteiger partial charge in [-0.3, -0.25) is 14.9 Å². The number of nitro groups is 1. The summed E-state index contributed by atoms with van der Waals surface area (Å²) < 4.78 is 15.7. The van der Waals surface area contributed by atoms with Crippen molar-refractivity contribution in [1.82, 2.24) is 0 Å². The van der Waals surface area contributed by atoms with E-state index in [9.17, 15) is 19.7 Å². The molecule has 1 N–H and O–H groups in total. The second-order valence-electron chi connectivity index (χ2n) is 6.42. The molecular formula is C21H16N2O7. The van der Waals surface area contributed by atoms with Crippen LogP contribution in [0.25, 0.3) is 10.8 Å². The van der Waals surface area contributed by atoms with E-state index >= 15 is 0 Å². The van der Waals surface area contributed by atoms with E-state index in [1.54, 1.807) is 12.1 Å². The number of anilines is 1. The number of carbonyl (C=O) groups is 2. The molecule has 9 nitrogen and oxygen atoms in total. The van der Waals surface area contributed by atoms with Crippen LogP contribution < -0.4 is 14.8 Å². The maximum atomic E-state index is 12.4. The molecule has 0 aliphatic carbocycles. The smallest absolute Gasteiger partial charge is 0.345 e. The summed E-state index contributed by atoms with van der Waals surface area (Å²) in [5, 5.41) is 15.8. The van der Waals surface area contributed by atoms with Gasteiger partial charge in [0, 0.05) is 17.1 Å². The van der Waals surface area contributed by atoms with Crippen molar-refractivity contribution in [3.8, 4) is 11.5 Å². The zero-order valence-corrected chi connectivity index (χ0v) is 15.6. The Bertz CT molecular complexity index is 1150. The Morgan fingerprint density at radius 1 is 1.03 bits per heavy atom. The van der Waals surface area contributed by atoms with Crippen LogP contribution >= 0.6 is 0 Å². The molecule has 0 bridgehead atoms.